The van der Waals surface area contributed by atoms with E-state index in [-0.39, 0.29) is 24.5 Å². The molecule has 0 radical (unpaired) electrons. The molecule has 1 aliphatic rings. The summed E-state index contributed by atoms with van der Waals surface area (Å²) < 4.78 is 11.3. The number of hydrogen-bond acceptors (Lipinski definition) is 4. The SMILES string of the molecule is CCN(CC(=O)Nc1c(Cl)cccc1Cl)C(=O)C(C)OCC1CCCCO1. The number of carbonyl (C=O) groups excluding carboxylic acids is 2. The van der Waals surface area contributed by atoms with Gasteiger partial charge in [0.1, 0.15) is 6.10 Å². The van der Waals surface area contributed by atoms with E-state index >= 15 is 0 Å². The Kier molecular flexibility index (Phi) is 8.83. The van der Waals surface area contributed by atoms with Gasteiger partial charge in [-0.1, -0.05) is 29.3 Å². The van der Waals surface area contributed by atoms with Crippen LogP contribution in [-0.4, -0.2) is 55.2 Å². The lowest BCUT2D eigenvalue weighted by Crippen LogP contribution is -2.44. The Morgan fingerprint density at radius 3 is 2.63 bits per heavy atom. The molecule has 0 aromatic heterocycles. The second kappa shape index (κ2) is 10.9. The summed E-state index contributed by atoms with van der Waals surface area (Å²) in [4.78, 5) is 26.4. The molecular weight excluding hydrogens is 391 g/mol. The van der Waals surface area contributed by atoms with Crippen molar-refractivity contribution in [1.29, 1.82) is 0 Å². The van der Waals surface area contributed by atoms with Crippen LogP contribution in [0.2, 0.25) is 10.0 Å². The fourth-order valence-corrected chi connectivity index (χ4v) is 3.33. The van der Waals surface area contributed by atoms with Gasteiger partial charge in [-0.15, -0.1) is 0 Å². The van der Waals surface area contributed by atoms with Crippen molar-refractivity contribution in [2.75, 3.05) is 31.6 Å². The molecular formula is C19H26Cl2N2O4. The van der Waals surface area contributed by atoms with Crippen LogP contribution in [0, 0.1) is 0 Å². The molecule has 0 spiro atoms. The number of halogens is 2. The van der Waals surface area contributed by atoms with E-state index in [0.29, 0.717) is 28.9 Å². The molecule has 2 rings (SSSR count). The number of carbonyl (C=O) groups is 2. The van der Waals surface area contributed by atoms with Crippen LogP contribution in [0.5, 0.6) is 0 Å². The summed E-state index contributed by atoms with van der Waals surface area (Å²) in [6, 6.07) is 4.96. The first kappa shape index (κ1) is 22.0. The number of ether oxygens (including phenoxy) is 2. The third kappa shape index (κ3) is 6.64. The molecule has 27 heavy (non-hydrogen) atoms. The maximum absolute atomic E-state index is 12.6. The molecule has 2 amide bonds. The van der Waals surface area contributed by atoms with Crippen LogP contribution in [0.25, 0.3) is 0 Å². The van der Waals surface area contributed by atoms with Gasteiger partial charge in [0.15, 0.2) is 0 Å². The number of nitrogens with zero attached hydrogens (tertiary/aromatic N) is 1. The average molecular weight is 417 g/mol. The van der Waals surface area contributed by atoms with Crippen LogP contribution < -0.4 is 5.32 Å². The minimum absolute atomic E-state index is 0.0368. The van der Waals surface area contributed by atoms with E-state index in [9.17, 15) is 9.59 Å². The van der Waals surface area contributed by atoms with Gasteiger partial charge in [-0.2, -0.15) is 0 Å². The van der Waals surface area contributed by atoms with Gasteiger partial charge < -0.3 is 19.7 Å². The lowest BCUT2D eigenvalue weighted by Gasteiger charge is -2.27. The molecule has 0 bridgehead atoms. The normalized spacial score (nSPS) is 18.0. The Morgan fingerprint density at radius 2 is 2.04 bits per heavy atom. The zero-order chi connectivity index (χ0) is 19.8. The van der Waals surface area contributed by atoms with E-state index in [4.69, 9.17) is 32.7 Å². The number of para-hydroxylation sites is 1. The standard InChI is InChI=1S/C19H26Cl2N2O4/c1-3-23(11-17(24)22-18-15(20)8-6-9-16(18)21)19(25)13(2)27-12-14-7-4-5-10-26-14/h6,8-9,13-14H,3-5,7,10-12H2,1-2H3,(H,22,24). The molecule has 1 saturated heterocycles. The molecule has 150 valence electrons. The first-order valence-corrected chi connectivity index (χ1v) is 9.93. The highest BCUT2D eigenvalue weighted by atomic mass is 35.5. The van der Waals surface area contributed by atoms with Crippen molar-refractivity contribution in [3.05, 3.63) is 28.2 Å². The largest absolute Gasteiger partial charge is 0.376 e. The smallest absolute Gasteiger partial charge is 0.251 e. The minimum atomic E-state index is -0.646. The van der Waals surface area contributed by atoms with Crippen molar-refractivity contribution in [3.63, 3.8) is 0 Å². The van der Waals surface area contributed by atoms with Crippen molar-refractivity contribution in [2.45, 2.75) is 45.3 Å². The maximum Gasteiger partial charge on any atom is 0.251 e. The second-order valence-corrected chi connectivity index (χ2v) is 7.28. The summed E-state index contributed by atoms with van der Waals surface area (Å²) in [7, 11) is 0. The van der Waals surface area contributed by atoms with Gasteiger partial charge >= 0.3 is 0 Å². The predicted octanol–water partition coefficient (Wildman–Crippen LogP) is 3.75. The summed E-state index contributed by atoms with van der Waals surface area (Å²) in [6.07, 6.45) is 2.52. The fraction of sp³-hybridized carbons (Fsp3) is 0.579. The first-order chi connectivity index (χ1) is 12.9. The van der Waals surface area contributed by atoms with E-state index < -0.39 is 6.10 Å². The lowest BCUT2D eigenvalue weighted by molar-refractivity contribution is -0.147. The number of likely N-dealkylation sites (N-methyl/N-ethyl adjacent to an activating group) is 1. The fourth-order valence-electron chi connectivity index (χ4n) is 2.83. The molecule has 1 N–H and O–H groups in total. The molecule has 1 aromatic carbocycles. The van der Waals surface area contributed by atoms with Gasteiger partial charge in [0.25, 0.3) is 5.91 Å². The molecule has 1 fully saturated rings. The number of nitrogens with one attached hydrogen (secondary N) is 1. The molecule has 0 saturated carbocycles. The van der Waals surface area contributed by atoms with E-state index in [1.165, 1.54) is 4.90 Å². The highest BCUT2D eigenvalue weighted by molar-refractivity contribution is 6.39. The quantitative estimate of drug-likeness (QED) is 0.700. The molecule has 2 unspecified atom stereocenters. The van der Waals surface area contributed by atoms with Gasteiger partial charge in [-0.05, 0) is 45.2 Å². The molecule has 6 nitrogen and oxygen atoms in total. The van der Waals surface area contributed by atoms with Crippen molar-refractivity contribution in [3.8, 4) is 0 Å². The Hall–Kier alpha value is -1.34. The zero-order valence-corrected chi connectivity index (χ0v) is 17.2. The molecule has 8 heteroatoms. The summed E-state index contributed by atoms with van der Waals surface area (Å²) in [5, 5.41) is 3.35. The molecule has 2 atom stereocenters. The van der Waals surface area contributed by atoms with Crippen LogP contribution >= 0.6 is 23.2 Å². The molecule has 1 aliphatic heterocycles. The first-order valence-electron chi connectivity index (χ1n) is 9.18. The minimum Gasteiger partial charge on any atom is -0.376 e. The van der Waals surface area contributed by atoms with E-state index in [1.54, 1.807) is 25.1 Å². The summed E-state index contributed by atoms with van der Waals surface area (Å²) in [5.74, 6) is -0.614. The van der Waals surface area contributed by atoms with Crippen LogP contribution in [0.3, 0.4) is 0 Å². The average Bonchev–Trinajstić information content (AvgIpc) is 2.67. The third-order valence-corrected chi connectivity index (χ3v) is 5.04. The van der Waals surface area contributed by atoms with Gasteiger partial charge in [-0.3, -0.25) is 9.59 Å². The number of benzene rings is 1. The number of hydrogen-bond donors (Lipinski definition) is 1. The monoisotopic (exact) mass is 416 g/mol. The molecule has 0 aliphatic carbocycles. The zero-order valence-electron chi connectivity index (χ0n) is 15.7. The highest BCUT2D eigenvalue weighted by Crippen LogP contribution is 2.29. The Bertz CT molecular complexity index is 630. The predicted molar refractivity (Wildman–Crippen MR) is 106 cm³/mol. The third-order valence-electron chi connectivity index (χ3n) is 4.41. The molecule has 1 aromatic rings. The van der Waals surface area contributed by atoms with Crippen LogP contribution in [-0.2, 0) is 19.1 Å². The summed E-state index contributed by atoms with van der Waals surface area (Å²) in [5.41, 5.74) is 0.341. The van der Waals surface area contributed by atoms with Gasteiger partial charge in [0, 0.05) is 13.2 Å². The Morgan fingerprint density at radius 1 is 1.33 bits per heavy atom. The molecule has 1 heterocycles. The van der Waals surface area contributed by atoms with Gasteiger partial charge in [0.2, 0.25) is 5.91 Å². The van der Waals surface area contributed by atoms with Gasteiger partial charge in [-0.25, -0.2) is 0 Å². The summed E-state index contributed by atoms with van der Waals surface area (Å²) >= 11 is 12.1. The second-order valence-electron chi connectivity index (χ2n) is 6.46. The van der Waals surface area contributed by atoms with Crippen molar-refractivity contribution >= 4 is 40.7 Å². The number of amides is 2. The number of rotatable bonds is 8. The number of anilines is 1. The van der Waals surface area contributed by atoms with Crippen LogP contribution in [0.15, 0.2) is 18.2 Å². The maximum atomic E-state index is 12.6. The summed E-state index contributed by atoms with van der Waals surface area (Å²) in [6.45, 7) is 4.90. The topological polar surface area (TPSA) is 67.9 Å². The van der Waals surface area contributed by atoms with E-state index in [1.807, 2.05) is 6.92 Å². The van der Waals surface area contributed by atoms with Crippen LogP contribution in [0.4, 0.5) is 5.69 Å². The van der Waals surface area contributed by atoms with Gasteiger partial charge in [0.05, 0.1) is 35.0 Å². The Balaban J connectivity index is 1.86. The highest BCUT2D eigenvalue weighted by Gasteiger charge is 2.24. The van der Waals surface area contributed by atoms with Crippen molar-refractivity contribution in [2.24, 2.45) is 0 Å². The van der Waals surface area contributed by atoms with Crippen molar-refractivity contribution in [1.82, 2.24) is 4.90 Å². The van der Waals surface area contributed by atoms with E-state index in [2.05, 4.69) is 5.32 Å². The lowest BCUT2D eigenvalue weighted by atomic mass is 10.1. The van der Waals surface area contributed by atoms with E-state index in [0.717, 1.165) is 25.9 Å². The Labute approximate surface area is 170 Å². The van der Waals surface area contributed by atoms with Crippen LogP contribution in [0.1, 0.15) is 33.1 Å². The van der Waals surface area contributed by atoms with Crippen molar-refractivity contribution < 1.29 is 19.1 Å².